The Morgan fingerprint density at radius 1 is 1.38 bits per heavy atom. The molecule has 1 heterocycles. The zero-order chi connectivity index (χ0) is 11.5. The van der Waals surface area contributed by atoms with Crippen LogP contribution in [0.25, 0.3) is 0 Å². The highest BCUT2D eigenvalue weighted by Gasteiger charge is 2.32. The van der Waals surface area contributed by atoms with E-state index in [1.807, 2.05) is 0 Å². The minimum absolute atomic E-state index is 0.0645. The summed E-state index contributed by atoms with van der Waals surface area (Å²) in [5.74, 6) is 0.672. The molecule has 4 nitrogen and oxygen atoms in total. The number of ether oxygens (including phenoxy) is 1. The number of hydrogen-bond acceptors (Lipinski definition) is 3. The van der Waals surface area contributed by atoms with Crippen molar-refractivity contribution in [2.24, 2.45) is 11.7 Å². The van der Waals surface area contributed by atoms with Gasteiger partial charge >= 0.3 is 0 Å². The van der Waals surface area contributed by atoms with Gasteiger partial charge in [-0.25, -0.2) is 0 Å². The molecule has 0 bridgehead atoms. The van der Waals surface area contributed by atoms with Crippen molar-refractivity contribution in [2.75, 3.05) is 6.54 Å². The van der Waals surface area contributed by atoms with Gasteiger partial charge in [-0.2, -0.15) is 0 Å². The Labute approximate surface area is 96.9 Å². The molecule has 92 valence electrons. The Bertz CT molecular complexity index is 257. The second kappa shape index (κ2) is 5.15. The lowest BCUT2D eigenvalue weighted by molar-refractivity contribution is -0.132. The van der Waals surface area contributed by atoms with Crippen LogP contribution in [0.2, 0.25) is 0 Å². The third-order valence-electron chi connectivity index (χ3n) is 3.85. The van der Waals surface area contributed by atoms with Crippen LogP contribution in [-0.2, 0) is 9.53 Å². The van der Waals surface area contributed by atoms with Crippen LogP contribution in [0.4, 0.5) is 0 Å². The number of carbonyl (C=O) groups excluding carboxylic acids is 1. The fourth-order valence-electron chi connectivity index (χ4n) is 2.71. The van der Waals surface area contributed by atoms with Crippen molar-refractivity contribution in [2.45, 2.75) is 57.3 Å². The molecule has 1 aliphatic carbocycles. The molecule has 4 atom stereocenters. The first-order chi connectivity index (χ1) is 7.70. The van der Waals surface area contributed by atoms with E-state index < -0.39 is 0 Å². The van der Waals surface area contributed by atoms with E-state index in [0.717, 1.165) is 19.3 Å². The molecule has 0 aromatic carbocycles. The Balaban J connectivity index is 1.80. The van der Waals surface area contributed by atoms with Crippen LogP contribution in [0.1, 0.15) is 39.0 Å². The van der Waals surface area contributed by atoms with Gasteiger partial charge < -0.3 is 15.8 Å². The molecule has 2 aliphatic rings. The normalized spacial score (nSPS) is 38.9. The van der Waals surface area contributed by atoms with E-state index in [2.05, 4.69) is 12.2 Å². The number of nitrogens with two attached hydrogens (primary N) is 1. The second-order valence-electron chi connectivity index (χ2n) is 5.08. The van der Waals surface area contributed by atoms with Crippen LogP contribution in [-0.4, -0.2) is 30.7 Å². The predicted octanol–water partition coefficient (Wildman–Crippen LogP) is 0.797. The average molecular weight is 226 g/mol. The Morgan fingerprint density at radius 3 is 2.75 bits per heavy atom. The van der Waals surface area contributed by atoms with Gasteiger partial charge in [0.25, 0.3) is 0 Å². The van der Waals surface area contributed by atoms with E-state index in [0.29, 0.717) is 18.5 Å². The van der Waals surface area contributed by atoms with Crippen LogP contribution in [0.5, 0.6) is 0 Å². The molecular weight excluding hydrogens is 204 g/mol. The SMILES string of the molecule is CC1CCCC1NC(=O)C1CCC(CN)O1. The van der Waals surface area contributed by atoms with Crippen LogP contribution in [0.3, 0.4) is 0 Å². The number of rotatable bonds is 3. The first-order valence-electron chi connectivity index (χ1n) is 6.36. The summed E-state index contributed by atoms with van der Waals surface area (Å²) < 4.78 is 5.58. The predicted molar refractivity (Wildman–Crippen MR) is 61.9 cm³/mol. The van der Waals surface area contributed by atoms with Gasteiger partial charge in [-0.15, -0.1) is 0 Å². The largest absolute Gasteiger partial charge is 0.364 e. The summed E-state index contributed by atoms with van der Waals surface area (Å²) in [7, 11) is 0. The van der Waals surface area contributed by atoms with Crippen molar-refractivity contribution in [3.05, 3.63) is 0 Å². The van der Waals surface area contributed by atoms with E-state index in [1.165, 1.54) is 12.8 Å². The van der Waals surface area contributed by atoms with Gasteiger partial charge in [0.1, 0.15) is 6.10 Å². The van der Waals surface area contributed by atoms with Gasteiger partial charge in [0.15, 0.2) is 0 Å². The molecule has 16 heavy (non-hydrogen) atoms. The summed E-state index contributed by atoms with van der Waals surface area (Å²) in [5.41, 5.74) is 5.53. The molecule has 0 radical (unpaired) electrons. The highest BCUT2D eigenvalue weighted by atomic mass is 16.5. The third-order valence-corrected chi connectivity index (χ3v) is 3.85. The quantitative estimate of drug-likeness (QED) is 0.748. The fourth-order valence-corrected chi connectivity index (χ4v) is 2.71. The molecule has 0 spiro atoms. The maximum Gasteiger partial charge on any atom is 0.249 e. The van der Waals surface area contributed by atoms with Gasteiger partial charge in [0, 0.05) is 12.6 Å². The van der Waals surface area contributed by atoms with Gasteiger partial charge in [-0.3, -0.25) is 4.79 Å². The number of hydrogen-bond donors (Lipinski definition) is 2. The Hall–Kier alpha value is -0.610. The van der Waals surface area contributed by atoms with Crippen molar-refractivity contribution in [1.82, 2.24) is 5.32 Å². The van der Waals surface area contributed by atoms with Gasteiger partial charge in [0.2, 0.25) is 5.91 Å². The monoisotopic (exact) mass is 226 g/mol. The fraction of sp³-hybridized carbons (Fsp3) is 0.917. The molecule has 3 N–H and O–H groups in total. The van der Waals surface area contributed by atoms with Crippen LogP contribution < -0.4 is 11.1 Å². The third kappa shape index (κ3) is 2.55. The van der Waals surface area contributed by atoms with E-state index in [1.54, 1.807) is 0 Å². The minimum atomic E-state index is -0.263. The molecule has 1 saturated carbocycles. The molecule has 0 aromatic rings. The first kappa shape index (κ1) is 11.9. The lowest BCUT2D eigenvalue weighted by Gasteiger charge is -2.20. The highest BCUT2D eigenvalue weighted by molar-refractivity contribution is 5.81. The van der Waals surface area contributed by atoms with Crippen LogP contribution in [0.15, 0.2) is 0 Å². The second-order valence-corrected chi connectivity index (χ2v) is 5.08. The standard InChI is InChI=1S/C12H22N2O2/c1-8-3-2-4-10(8)14-12(15)11-6-5-9(7-13)16-11/h8-11H,2-7,13H2,1H3,(H,14,15). The molecule has 4 unspecified atom stereocenters. The van der Waals surface area contributed by atoms with E-state index in [9.17, 15) is 4.79 Å². The molecular formula is C12H22N2O2. The lowest BCUT2D eigenvalue weighted by atomic mass is 10.1. The van der Waals surface area contributed by atoms with E-state index in [4.69, 9.17) is 10.5 Å². The Morgan fingerprint density at radius 2 is 2.19 bits per heavy atom. The molecule has 1 amide bonds. The van der Waals surface area contributed by atoms with Gasteiger partial charge in [0.05, 0.1) is 6.10 Å². The molecule has 0 aromatic heterocycles. The molecule has 4 heteroatoms. The molecule has 2 fully saturated rings. The summed E-state index contributed by atoms with van der Waals surface area (Å²) in [5, 5.41) is 3.11. The zero-order valence-corrected chi connectivity index (χ0v) is 9.95. The highest BCUT2D eigenvalue weighted by Crippen LogP contribution is 2.26. The topological polar surface area (TPSA) is 64.4 Å². The van der Waals surface area contributed by atoms with E-state index in [-0.39, 0.29) is 18.1 Å². The first-order valence-corrected chi connectivity index (χ1v) is 6.36. The summed E-state index contributed by atoms with van der Waals surface area (Å²) in [6.45, 7) is 2.72. The minimum Gasteiger partial charge on any atom is -0.364 e. The Kier molecular flexibility index (Phi) is 3.82. The zero-order valence-electron chi connectivity index (χ0n) is 9.95. The summed E-state index contributed by atoms with van der Waals surface area (Å²) >= 11 is 0. The summed E-state index contributed by atoms with van der Waals surface area (Å²) in [6.07, 6.45) is 5.10. The summed E-state index contributed by atoms with van der Waals surface area (Å²) in [4.78, 5) is 11.9. The molecule has 1 aliphatic heterocycles. The molecule has 2 rings (SSSR count). The van der Waals surface area contributed by atoms with Crippen LogP contribution in [0, 0.1) is 5.92 Å². The van der Waals surface area contributed by atoms with Crippen molar-refractivity contribution < 1.29 is 9.53 Å². The molecule has 1 saturated heterocycles. The van der Waals surface area contributed by atoms with E-state index >= 15 is 0 Å². The average Bonchev–Trinajstić information content (AvgIpc) is 2.88. The number of nitrogens with one attached hydrogen (secondary N) is 1. The smallest absolute Gasteiger partial charge is 0.249 e. The maximum absolute atomic E-state index is 11.9. The number of carbonyl (C=O) groups is 1. The summed E-state index contributed by atoms with van der Waals surface area (Å²) in [6, 6.07) is 0.355. The van der Waals surface area contributed by atoms with Crippen molar-refractivity contribution in [3.63, 3.8) is 0 Å². The van der Waals surface area contributed by atoms with Gasteiger partial charge in [-0.1, -0.05) is 13.3 Å². The van der Waals surface area contributed by atoms with Crippen molar-refractivity contribution in [1.29, 1.82) is 0 Å². The maximum atomic E-state index is 11.9. The van der Waals surface area contributed by atoms with Crippen molar-refractivity contribution >= 4 is 5.91 Å². The van der Waals surface area contributed by atoms with Crippen LogP contribution >= 0.6 is 0 Å². The lowest BCUT2D eigenvalue weighted by Crippen LogP contribution is -2.42. The number of amides is 1. The van der Waals surface area contributed by atoms with Gasteiger partial charge in [-0.05, 0) is 31.6 Å². The van der Waals surface area contributed by atoms with Crippen molar-refractivity contribution in [3.8, 4) is 0 Å².